The van der Waals surface area contributed by atoms with E-state index in [0.717, 1.165) is 5.56 Å². The highest BCUT2D eigenvalue weighted by Crippen LogP contribution is 2.34. The Labute approximate surface area is 214 Å². The largest absolute Gasteiger partial charge is 0.480 e. The second-order valence-corrected chi connectivity index (χ2v) is 8.11. The quantitative estimate of drug-likeness (QED) is 0.352. The van der Waals surface area contributed by atoms with Gasteiger partial charge in [0, 0.05) is 42.1 Å². The molecule has 0 aliphatic rings. The molecule has 4 aromatic rings. The van der Waals surface area contributed by atoms with Crippen molar-refractivity contribution >= 4 is 34.1 Å². The number of anilines is 2. The number of primary amides is 1. The van der Waals surface area contributed by atoms with Crippen molar-refractivity contribution in [3.8, 4) is 23.0 Å². The summed E-state index contributed by atoms with van der Waals surface area (Å²) in [6.07, 6.45) is 3.05. The number of nitrogens with zero attached hydrogens (tertiary/aromatic N) is 4. The predicted octanol–water partition coefficient (Wildman–Crippen LogP) is 4.03. The van der Waals surface area contributed by atoms with Gasteiger partial charge in [-0.3, -0.25) is 14.6 Å². The van der Waals surface area contributed by atoms with Crippen LogP contribution in [0.4, 0.5) is 11.4 Å². The third-order valence-corrected chi connectivity index (χ3v) is 5.98. The maximum absolute atomic E-state index is 12.8. The molecule has 190 valence electrons. The minimum atomic E-state index is -0.624. The lowest BCUT2D eigenvalue weighted by Gasteiger charge is -2.19. The Kier molecular flexibility index (Phi) is 7.47. The maximum atomic E-state index is 12.8. The molecule has 10 heteroatoms. The maximum Gasteiger partial charge on any atom is 0.319 e. The molecular formula is C27H28N6O4. The number of hydrogen-bond acceptors (Lipinski definition) is 8. The second kappa shape index (κ2) is 10.9. The number of nitrogens with one attached hydrogen (secondary N) is 1. The molecule has 2 amide bonds. The Balaban J connectivity index is 1.78. The molecule has 0 fully saturated rings. The highest BCUT2D eigenvalue weighted by molar-refractivity contribution is 6.08. The summed E-state index contributed by atoms with van der Waals surface area (Å²) in [4.78, 5) is 39.7. The van der Waals surface area contributed by atoms with E-state index in [-0.39, 0.29) is 17.5 Å². The van der Waals surface area contributed by atoms with Gasteiger partial charge in [0.2, 0.25) is 5.88 Å². The van der Waals surface area contributed by atoms with Gasteiger partial charge in [0.05, 0.1) is 36.6 Å². The molecule has 10 nitrogen and oxygen atoms in total. The molecular weight excluding hydrogens is 472 g/mol. The van der Waals surface area contributed by atoms with Gasteiger partial charge in [-0.2, -0.15) is 4.98 Å². The normalized spacial score (nSPS) is 10.7. The summed E-state index contributed by atoms with van der Waals surface area (Å²) in [5, 5.41) is 3.96. The number of aromatic nitrogens is 3. The van der Waals surface area contributed by atoms with Crippen LogP contribution in [0.25, 0.3) is 22.0 Å². The monoisotopic (exact) mass is 500 g/mol. The van der Waals surface area contributed by atoms with Crippen LogP contribution in [0.3, 0.4) is 0 Å². The smallest absolute Gasteiger partial charge is 0.319 e. The van der Waals surface area contributed by atoms with E-state index >= 15 is 0 Å². The molecule has 0 saturated carbocycles. The number of ether oxygens (including phenoxy) is 2. The first-order chi connectivity index (χ1) is 17.9. The number of methoxy groups -OCH3 is 2. The fraction of sp³-hybridized carbons (Fsp3) is 0.222. The lowest BCUT2D eigenvalue weighted by atomic mass is 10.0. The van der Waals surface area contributed by atoms with Crippen LogP contribution in [0.15, 0.2) is 54.9 Å². The van der Waals surface area contributed by atoms with Crippen molar-refractivity contribution in [3.05, 3.63) is 66.0 Å². The summed E-state index contributed by atoms with van der Waals surface area (Å²) in [7, 11) is 3.00. The van der Waals surface area contributed by atoms with Crippen molar-refractivity contribution in [1.82, 2.24) is 19.9 Å². The van der Waals surface area contributed by atoms with E-state index in [1.54, 1.807) is 29.3 Å². The van der Waals surface area contributed by atoms with Gasteiger partial charge in [-0.1, -0.05) is 18.2 Å². The fourth-order valence-corrected chi connectivity index (χ4v) is 4.05. The summed E-state index contributed by atoms with van der Waals surface area (Å²) < 4.78 is 10.5. The molecule has 2 heterocycles. The molecule has 0 saturated heterocycles. The number of carbonyl (C=O) groups excluding carboxylic acids is 2. The van der Waals surface area contributed by atoms with Crippen LogP contribution in [-0.2, 0) is 0 Å². The van der Waals surface area contributed by atoms with E-state index in [4.69, 9.17) is 15.2 Å². The Hall–Kier alpha value is -4.73. The molecule has 0 bridgehead atoms. The number of hydrogen-bond donors (Lipinski definition) is 2. The minimum absolute atomic E-state index is 0.0661. The number of carbonyl (C=O) groups is 2. The van der Waals surface area contributed by atoms with Gasteiger partial charge in [0.15, 0.2) is 0 Å². The van der Waals surface area contributed by atoms with Gasteiger partial charge in [-0.05, 0) is 43.7 Å². The average Bonchev–Trinajstić information content (AvgIpc) is 2.93. The van der Waals surface area contributed by atoms with Crippen LogP contribution in [0.2, 0.25) is 0 Å². The number of fused-ring (bicyclic) bond motifs is 1. The van der Waals surface area contributed by atoms with E-state index in [9.17, 15) is 9.59 Å². The lowest BCUT2D eigenvalue weighted by molar-refractivity contribution is 0.0772. The van der Waals surface area contributed by atoms with Gasteiger partial charge >= 0.3 is 6.01 Å². The van der Waals surface area contributed by atoms with Crippen LogP contribution in [0.5, 0.6) is 11.9 Å². The number of pyridine rings is 1. The third kappa shape index (κ3) is 5.13. The minimum Gasteiger partial charge on any atom is -0.480 e. The van der Waals surface area contributed by atoms with E-state index < -0.39 is 5.91 Å². The first-order valence-electron chi connectivity index (χ1n) is 11.7. The van der Waals surface area contributed by atoms with Crippen molar-refractivity contribution in [2.75, 3.05) is 32.6 Å². The van der Waals surface area contributed by atoms with Gasteiger partial charge in [0.1, 0.15) is 0 Å². The highest BCUT2D eigenvalue weighted by Gasteiger charge is 2.18. The molecule has 2 aromatic heterocycles. The van der Waals surface area contributed by atoms with Crippen molar-refractivity contribution in [1.29, 1.82) is 0 Å². The van der Waals surface area contributed by atoms with E-state index in [0.29, 0.717) is 52.4 Å². The SMILES string of the molecule is CCN(CC)C(=O)c1cccc(Nc2c(C(N)=O)cnc3cc(-c4cnc(OC)nc4OC)ccc23)c1. The number of benzene rings is 2. The Morgan fingerprint density at radius 2 is 1.78 bits per heavy atom. The van der Waals surface area contributed by atoms with Gasteiger partial charge < -0.3 is 25.4 Å². The lowest BCUT2D eigenvalue weighted by Crippen LogP contribution is -2.30. The summed E-state index contributed by atoms with van der Waals surface area (Å²) in [6, 6.07) is 12.9. The Morgan fingerprint density at radius 1 is 1.00 bits per heavy atom. The molecule has 2 aromatic carbocycles. The van der Waals surface area contributed by atoms with Crippen LogP contribution in [0.1, 0.15) is 34.6 Å². The van der Waals surface area contributed by atoms with Crippen LogP contribution >= 0.6 is 0 Å². The zero-order valence-electron chi connectivity index (χ0n) is 21.1. The molecule has 0 aliphatic heterocycles. The number of nitrogens with two attached hydrogens (primary N) is 1. The van der Waals surface area contributed by atoms with Crippen LogP contribution < -0.4 is 20.5 Å². The Morgan fingerprint density at radius 3 is 2.46 bits per heavy atom. The zero-order chi connectivity index (χ0) is 26.5. The summed E-state index contributed by atoms with van der Waals surface area (Å²) in [5.74, 6) is -0.335. The Bertz CT molecular complexity index is 1470. The fourth-order valence-electron chi connectivity index (χ4n) is 4.05. The molecule has 0 atom stereocenters. The van der Waals surface area contributed by atoms with E-state index in [1.807, 2.05) is 38.1 Å². The second-order valence-electron chi connectivity index (χ2n) is 8.11. The highest BCUT2D eigenvalue weighted by atomic mass is 16.5. The van der Waals surface area contributed by atoms with Gasteiger partial charge in [0.25, 0.3) is 11.8 Å². The van der Waals surface area contributed by atoms with Gasteiger partial charge in [-0.15, -0.1) is 0 Å². The predicted molar refractivity (Wildman–Crippen MR) is 141 cm³/mol. The van der Waals surface area contributed by atoms with Crippen molar-refractivity contribution < 1.29 is 19.1 Å². The van der Waals surface area contributed by atoms with Crippen molar-refractivity contribution in [2.45, 2.75) is 13.8 Å². The summed E-state index contributed by atoms with van der Waals surface area (Å²) in [6.45, 7) is 5.10. The molecule has 3 N–H and O–H groups in total. The molecule has 0 aliphatic carbocycles. The number of amides is 2. The zero-order valence-corrected chi connectivity index (χ0v) is 21.1. The number of rotatable bonds is 9. The van der Waals surface area contributed by atoms with E-state index in [1.165, 1.54) is 20.4 Å². The summed E-state index contributed by atoms with van der Waals surface area (Å²) in [5.41, 5.74) is 9.61. The standard InChI is InChI=1S/C27H28N6O4/c1-5-33(6-2)26(35)17-8-7-9-18(12-17)31-23-19-11-10-16(13-22(19)29-15-21(23)24(28)34)20-14-30-27(37-4)32-25(20)36-3/h7-15H,5-6H2,1-4H3,(H2,28,34)(H,29,31). The van der Waals surface area contributed by atoms with Crippen LogP contribution in [-0.4, -0.2) is 59.0 Å². The van der Waals surface area contributed by atoms with Crippen molar-refractivity contribution in [2.24, 2.45) is 5.73 Å². The first-order valence-corrected chi connectivity index (χ1v) is 11.7. The van der Waals surface area contributed by atoms with Gasteiger partial charge in [-0.25, -0.2) is 4.98 Å². The molecule has 0 radical (unpaired) electrons. The third-order valence-electron chi connectivity index (χ3n) is 5.98. The first kappa shape index (κ1) is 25.4. The van der Waals surface area contributed by atoms with Crippen molar-refractivity contribution in [3.63, 3.8) is 0 Å². The topological polar surface area (TPSA) is 133 Å². The molecule has 0 unspecified atom stereocenters. The van der Waals surface area contributed by atoms with Crippen LogP contribution in [0, 0.1) is 0 Å². The van der Waals surface area contributed by atoms with E-state index in [2.05, 4.69) is 20.3 Å². The molecule has 4 rings (SSSR count). The molecule has 0 spiro atoms. The summed E-state index contributed by atoms with van der Waals surface area (Å²) >= 11 is 0. The molecule has 37 heavy (non-hydrogen) atoms. The average molecular weight is 501 g/mol.